The van der Waals surface area contributed by atoms with Crippen molar-refractivity contribution in [2.75, 3.05) is 0 Å². The number of hydrogen-bond acceptors (Lipinski definition) is 2. The quantitative estimate of drug-likeness (QED) is 0.799. The number of carbonyl (C=O) groups is 1. The third-order valence-corrected chi connectivity index (χ3v) is 2.34. The monoisotopic (exact) mass is 205 g/mol. The Hall–Kier alpha value is -2.04. The number of hydrogen-bond donors (Lipinski definition) is 1. The maximum Gasteiger partial charge on any atom is 0.352 e. The molecule has 2 heterocycles. The summed E-state index contributed by atoms with van der Waals surface area (Å²) in [6, 6.07) is 3.37. The second kappa shape index (κ2) is 3.27. The Bertz CT molecular complexity index is 510. The molecule has 0 saturated heterocycles. The van der Waals surface area contributed by atoms with Crippen LogP contribution in [0.25, 0.3) is 11.3 Å². The molecule has 0 aromatic carbocycles. The molecule has 0 bridgehead atoms. The van der Waals surface area contributed by atoms with Gasteiger partial charge >= 0.3 is 5.97 Å². The molecule has 2 aromatic heterocycles. The molecule has 0 fully saturated rings. The molecule has 0 aliphatic carbocycles. The number of aromatic carboxylic acids is 1. The van der Waals surface area contributed by atoms with Gasteiger partial charge < -0.3 is 9.67 Å². The summed E-state index contributed by atoms with van der Waals surface area (Å²) in [4.78, 5) is 10.8. The van der Waals surface area contributed by atoms with Crippen LogP contribution in [0.15, 0.2) is 24.5 Å². The highest BCUT2D eigenvalue weighted by molar-refractivity contribution is 5.87. The smallest absolute Gasteiger partial charge is 0.352 e. The van der Waals surface area contributed by atoms with Gasteiger partial charge in [-0.2, -0.15) is 5.10 Å². The van der Waals surface area contributed by atoms with Gasteiger partial charge in [-0.3, -0.25) is 4.68 Å². The molecule has 5 heteroatoms. The van der Waals surface area contributed by atoms with Crippen molar-refractivity contribution in [2.24, 2.45) is 14.1 Å². The number of nitrogens with zero attached hydrogens (tertiary/aromatic N) is 3. The summed E-state index contributed by atoms with van der Waals surface area (Å²) in [5.41, 5.74) is 2.03. The predicted octanol–water partition coefficient (Wildman–Crippen LogP) is 1.12. The average molecular weight is 205 g/mol. The summed E-state index contributed by atoms with van der Waals surface area (Å²) in [6.07, 6.45) is 3.56. The van der Waals surface area contributed by atoms with Gasteiger partial charge in [0.05, 0.1) is 11.9 Å². The fraction of sp³-hybridized carbons (Fsp3) is 0.200. The molecule has 1 N–H and O–H groups in total. The molecule has 0 unspecified atom stereocenters. The third kappa shape index (κ3) is 1.52. The first-order valence-corrected chi connectivity index (χ1v) is 4.47. The van der Waals surface area contributed by atoms with E-state index in [0.29, 0.717) is 0 Å². The van der Waals surface area contributed by atoms with Gasteiger partial charge in [0.25, 0.3) is 0 Å². The molecule has 0 atom stereocenters. The van der Waals surface area contributed by atoms with Gasteiger partial charge in [0.15, 0.2) is 0 Å². The van der Waals surface area contributed by atoms with E-state index >= 15 is 0 Å². The first-order chi connectivity index (χ1) is 7.09. The van der Waals surface area contributed by atoms with E-state index in [4.69, 9.17) is 5.11 Å². The van der Waals surface area contributed by atoms with Crippen molar-refractivity contribution in [1.29, 1.82) is 0 Å². The lowest BCUT2D eigenvalue weighted by atomic mass is 10.2. The molecular weight excluding hydrogens is 194 g/mol. The summed E-state index contributed by atoms with van der Waals surface area (Å²) in [6.45, 7) is 0. The molecule has 2 aromatic rings. The summed E-state index contributed by atoms with van der Waals surface area (Å²) >= 11 is 0. The molecule has 0 aliphatic heterocycles. The first kappa shape index (κ1) is 9.51. The fourth-order valence-electron chi connectivity index (χ4n) is 1.57. The van der Waals surface area contributed by atoms with Crippen molar-refractivity contribution >= 4 is 5.97 Å². The van der Waals surface area contributed by atoms with Crippen LogP contribution in [0.5, 0.6) is 0 Å². The zero-order chi connectivity index (χ0) is 11.0. The Kier molecular flexibility index (Phi) is 2.07. The Balaban J connectivity index is 2.50. The minimum Gasteiger partial charge on any atom is -0.477 e. The average Bonchev–Trinajstić information content (AvgIpc) is 2.71. The molecule has 2 rings (SSSR count). The fourth-order valence-corrected chi connectivity index (χ4v) is 1.57. The van der Waals surface area contributed by atoms with Crippen LogP contribution in [-0.4, -0.2) is 25.4 Å². The predicted molar refractivity (Wildman–Crippen MR) is 54.6 cm³/mol. The van der Waals surface area contributed by atoms with E-state index in [1.54, 1.807) is 34.6 Å². The molecule has 0 aliphatic rings. The minimum absolute atomic E-state index is 0.272. The van der Waals surface area contributed by atoms with Crippen LogP contribution in [0.3, 0.4) is 0 Å². The first-order valence-electron chi connectivity index (χ1n) is 4.47. The molecule has 15 heavy (non-hydrogen) atoms. The molecule has 5 nitrogen and oxygen atoms in total. The zero-order valence-corrected chi connectivity index (χ0v) is 8.51. The topological polar surface area (TPSA) is 60.1 Å². The van der Waals surface area contributed by atoms with E-state index < -0.39 is 5.97 Å². The third-order valence-electron chi connectivity index (χ3n) is 2.34. The maximum absolute atomic E-state index is 10.8. The maximum atomic E-state index is 10.8. The van der Waals surface area contributed by atoms with Crippen LogP contribution < -0.4 is 0 Å². The number of carboxylic acids is 1. The van der Waals surface area contributed by atoms with E-state index in [9.17, 15) is 4.79 Å². The summed E-state index contributed by atoms with van der Waals surface area (Å²) in [7, 11) is 3.55. The van der Waals surface area contributed by atoms with E-state index in [2.05, 4.69) is 5.10 Å². The highest BCUT2D eigenvalue weighted by Gasteiger charge is 2.12. The van der Waals surface area contributed by atoms with Crippen molar-refractivity contribution in [3.8, 4) is 11.3 Å². The number of aryl methyl sites for hydroxylation is 1. The van der Waals surface area contributed by atoms with Gasteiger partial charge in [0, 0.05) is 25.9 Å². The van der Waals surface area contributed by atoms with Crippen LogP contribution >= 0.6 is 0 Å². The minimum atomic E-state index is -0.923. The van der Waals surface area contributed by atoms with Gasteiger partial charge in [0.1, 0.15) is 5.69 Å². The molecule has 0 saturated carbocycles. The highest BCUT2D eigenvalue weighted by atomic mass is 16.4. The largest absolute Gasteiger partial charge is 0.477 e. The Morgan fingerprint density at radius 3 is 2.60 bits per heavy atom. The molecule has 0 spiro atoms. The van der Waals surface area contributed by atoms with E-state index in [1.165, 1.54) is 0 Å². The number of rotatable bonds is 2. The number of carboxylic acid groups (broad SMARTS) is 1. The Morgan fingerprint density at radius 1 is 1.40 bits per heavy atom. The van der Waals surface area contributed by atoms with Crippen LogP contribution in [0.2, 0.25) is 0 Å². The van der Waals surface area contributed by atoms with Crippen LogP contribution in [-0.2, 0) is 14.1 Å². The van der Waals surface area contributed by atoms with Crippen LogP contribution in [0.4, 0.5) is 0 Å². The number of aromatic nitrogens is 3. The normalized spacial score (nSPS) is 10.5. The van der Waals surface area contributed by atoms with E-state index in [0.717, 1.165) is 11.3 Å². The van der Waals surface area contributed by atoms with Gasteiger partial charge in [-0.05, 0) is 12.1 Å². The van der Waals surface area contributed by atoms with Crippen LogP contribution in [0, 0.1) is 0 Å². The summed E-state index contributed by atoms with van der Waals surface area (Å²) in [5.74, 6) is -0.923. The molecule has 78 valence electrons. The second-order valence-electron chi connectivity index (χ2n) is 3.37. The highest BCUT2D eigenvalue weighted by Crippen LogP contribution is 2.20. The lowest BCUT2D eigenvalue weighted by molar-refractivity contribution is 0.0687. The van der Waals surface area contributed by atoms with E-state index in [1.807, 2.05) is 13.2 Å². The van der Waals surface area contributed by atoms with Gasteiger partial charge in [-0.25, -0.2) is 4.79 Å². The van der Waals surface area contributed by atoms with E-state index in [-0.39, 0.29) is 5.69 Å². The lowest BCUT2D eigenvalue weighted by Crippen LogP contribution is -2.04. The molecule has 0 amide bonds. The zero-order valence-electron chi connectivity index (χ0n) is 8.51. The summed E-state index contributed by atoms with van der Waals surface area (Å²) < 4.78 is 3.32. The second-order valence-corrected chi connectivity index (χ2v) is 3.37. The van der Waals surface area contributed by atoms with Crippen LogP contribution in [0.1, 0.15) is 10.5 Å². The molecular formula is C10H11N3O2. The van der Waals surface area contributed by atoms with Crippen molar-refractivity contribution < 1.29 is 9.90 Å². The Morgan fingerprint density at radius 2 is 2.13 bits per heavy atom. The lowest BCUT2D eigenvalue weighted by Gasteiger charge is -2.02. The van der Waals surface area contributed by atoms with Crippen molar-refractivity contribution in [3.05, 3.63) is 30.2 Å². The molecule has 0 radical (unpaired) electrons. The van der Waals surface area contributed by atoms with Gasteiger partial charge in [-0.1, -0.05) is 0 Å². The van der Waals surface area contributed by atoms with Crippen molar-refractivity contribution in [2.45, 2.75) is 0 Å². The van der Waals surface area contributed by atoms with Gasteiger partial charge in [-0.15, -0.1) is 0 Å². The standard InChI is InChI=1S/C10H11N3O2/c1-12-6-7(5-11-12)8-3-4-9(10(14)15)13(8)2/h3-6H,1-2H3,(H,14,15). The van der Waals surface area contributed by atoms with Gasteiger partial charge in [0.2, 0.25) is 0 Å². The Labute approximate surface area is 86.6 Å². The summed E-state index contributed by atoms with van der Waals surface area (Å²) in [5, 5.41) is 12.9. The van der Waals surface area contributed by atoms with Crippen molar-refractivity contribution in [1.82, 2.24) is 14.3 Å². The van der Waals surface area contributed by atoms with Crippen molar-refractivity contribution in [3.63, 3.8) is 0 Å². The SMILES string of the molecule is Cn1cc(-c2ccc(C(=O)O)n2C)cn1.